The van der Waals surface area contributed by atoms with Crippen LogP contribution in [0.25, 0.3) is 0 Å². The van der Waals surface area contributed by atoms with Crippen LogP contribution in [-0.2, 0) is 11.2 Å². The Balaban J connectivity index is 1.91. The number of hydrogen-bond donors (Lipinski definition) is 0. The molecule has 3 atom stereocenters. The second kappa shape index (κ2) is 5.39. The highest BCUT2D eigenvalue weighted by Gasteiger charge is 2.28. The second-order valence-electron chi connectivity index (χ2n) is 4.49. The molecule has 2 rings (SSSR count). The quantitative estimate of drug-likeness (QED) is 0.748. The number of benzene rings is 1. The maximum atomic E-state index is 6.41. The number of ether oxygens (including phenoxy) is 1. The van der Waals surface area contributed by atoms with E-state index in [1.54, 1.807) is 0 Å². The van der Waals surface area contributed by atoms with Gasteiger partial charge in [-0.05, 0) is 37.5 Å². The number of hydrogen-bond acceptors (Lipinski definition) is 1. The maximum Gasteiger partial charge on any atom is 0.0551 e. The van der Waals surface area contributed by atoms with E-state index >= 15 is 0 Å². The minimum absolute atomic E-state index is 0.158. The highest BCUT2D eigenvalue weighted by molar-refractivity contribution is 6.30. The van der Waals surface area contributed by atoms with E-state index in [0.717, 1.165) is 24.5 Å². The molecule has 1 aromatic rings. The van der Waals surface area contributed by atoms with Crippen molar-refractivity contribution in [2.24, 2.45) is 5.92 Å². The van der Waals surface area contributed by atoms with Crippen molar-refractivity contribution in [3.63, 3.8) is 0 Å². The molecule has 1 aliphatic rings. The molecule has 1 aromatic carbocycles. The maximum absolute atomic E-state index is 6.41. The Labute approximate surface area is 107 Å². The first-order valence-corrected chi connectivity index (χ1v) is 6.46. The molecule has 0 aromatic heterocycles. The summed E-state index contributed by atoms with van der Waals surface area (Å²) in [5, 5.41) is 0.929. The van der Waals surface area contributed by atoms with Crippen LogP contribution < -0.4 is 0 Å². The van der Waals surface area contributed by atoms with Crippen molar-refractivity contribution in [1.82, 2.24) is 0 Å². The van der Waals surface area contributed by atoms with Crippen LogP contribution >= 0.6 is 23.2 Å². The second-order valence-corrected chi connectivity index (χ2v) is 5.48. The molecule has 1 saturated heterocycles. The van der Waals surface area contributed by atoms with E-state index in [2.05, 4.69) is 6.92 Å². The van der Waals surface area contributed by atoms with Crippen LogP contribution in [0, 0.1) is 5.92 Å². The van der Waals surface area contributed by atoms with Crippen molar-refractivity contribution in [2.45, 2.75) is 31.2 Å². The van der Waals surface area contributed by atoms with Crippen LogP contribution in [0.3, 0.4) is 0 Å². The predicted molar refractivity (Wildman–Crippen MR) is 68.3 cm³/mol. The lowest BCUT2D eigenvalue weighted by molar-refractivity contribution is 0.120. The van der Waals surface area contributed by atoms with Crippen molar-refractivity contribution in [3.8, 4) is 0 Å². The zero-order chi connectivity index (χ0) is 11.5. The molecule has 0 spiro atoms. The molecular weight excluding hydrogens is 243 g/mol. The van der Waals surface area contributed by atoms with Crippen molar-refractivity contribution in [1.29, 1.82) is 0 Å². The Morgan fingerprint density at radius 1 is 1.38 bits per heavy atom. The van der Waals surface area contributed by atoms with Gasteiger partial charge in [0.1, 0.15) is 0 Å². The molecule has 0 radical (unpaired) electrons. The fourth-order valence-electron chi connectivity index (χ4n) is 2.11. The van der Waals surface area contributed by atoms with Gasteiger partial charge >= 0.3 is 0 Å². The molecule has 16 heavy (non-hydrogen) atoms. The lowest BCUT2D eigenvalue weighted by Crippen LogP contribution is -2.17. The number of rotatable bonds is 3. The van der Waals surface area contributed by atoms with E-state index in [0.29, 0.717) is 12.0 Å². The summed E-state index contributed by atoms with van der Waals surface area (Å²) in [7, 11) is 0. The third-order valence-electron chi connectivity index (χ3n) is 3.08. The average molecular weight is 259 g/mol. The van der Waals surface area contributed by atoms with E-state index < -0.39 is 0 Å². The van der Waals surface area contributed by atoms with E-state index in [1.807, 2.05) is 24.3 Å². The molecule has 1 fully saturated rings. The average Bonchev–Trinajstić information content (AvgIpc) is 2.68. The molecule has 88 valence electrons. The van der Waals surface area contributed by atoms with E-state index in [9.17, 15) is 0 Å². The highest BCUT2D eigenvalue weighted by atomic mass is 35.5. The van der Waals surface area contributed by atoms with E-state index in [4.69, 9.17) is 27.9 Å². The van der Waals surface area contributed by atoms with Gasteiger partial charge < -0.3 is 4.74 Å². The molecule has 3 heteroatoms. The van der Waals surface area contributed by atoms with Crippen molar-refractivity contribution < 1.29 is 4.74 Å². The standard InChI is InChI=1S/C13H16Cl2O/c1-9-6-11(8-16-9)13(15)7-10-2-4-12(14)5-3-10/h2-5,9,11,13H,6-8H2,1H3. The minimum Gasteiger partial charge on any atom is -0.378 e. The smallest absolute Gasteiger partial charge is 0.0551 e. The number of halogens is 2. The summed E-state index contributed by atoms with van der Waals surface area (Å²) in [6.45, 7) is 2.90. The summed E-state index contributed by atoms with van der Waals surface area (Å²) in [5.41, 5.74) is 1.24. The molecule has 3 unspecified atom stereocenters. The summed E-state index contributed by atoms with van der Waals surface area (Å²) < 4.78 is 5.54. The van der Waals surface area contributed by atoms with Gasteiger partial charge in [-0.1, -0.05) is 23.7 Å². The van der Waals surface area contributed by atoms with Crippen LogP contribution in [-0.4, -0.2) is 18.1 Å². The fraction of sp³-hybridized carbons (Fsp3) is 0.538. The third kappa shape index (κ3) is 3.13. The minimum atomic E-state index is 0.158. The van der Waals surface area contributed by atoms with Crippen LogP contribution in [0.15, 0.2) is 24.3 Å². The van der Waals surface area contributed by atoms with Gasteiger partial charge in [0.2, 0.25) is 0 Å². The molecule has 1 aliphatic heterocycles. The molecule has 0 aliphatic carbocycles. The van der Waals surface area contributed by atoms with Crippen LogP contribution in [0.5, 0.6) is 0 Å². The molecule has 0 bridgehead atoms. The van der Waals surface area contributed by atoms with Crippen LogP contribution in [0.4, 0.5) is 0 Å². The largest absolute Gasteiger partial charge is 0.378 e. The van der Waals surface area contributed by atoms with Gasteiger partial charge in [0.05, 0.1) is 12.7 Å². The Bertz CT molecular complexity index is 336. The summed E-state index contributed by atoms with van der Waals surface area (Å²) in [4.78, 5) is 0. The summed E-state index contributed by atoms with van der Waals surface area (Å²) in [5.74, 6) is 0.479. The van der Waals surface area contributed by atoms with Crippen LogP contribution in [0.2, 0.25) is 5.02 Å². The summed E-state index contributed by atoms with van der Waals surface area (Å²) >= 11 is 12.3. The molecular formula is C13H16Cl2O. The predicted octanol–water partition coefficient (Wildman–Crippen LogP) is 3.91. The van der Waals surface area contributed by atoms with Gasteiger partial charge in [0, 0.05) is 16.3 Å². The zero-order valence-electron chi connectivity index (χ0n) is 9.33. The van der Waals surface area contributed by atoms with Gasteiger partial charge in [0.15, 0.2) is 0 Å². The fourth-order valence-corrected chi connectivity index (χ4v) is 2.59. The normalized spacial score (nSPS) is 26.9. The monoisotopic (exact) mass is 258 g/mol. The Morgan fingerprint density at radius 3 is 2.62 bits per heavy atom. The van der Waals surface area contributed by atoms with E-state index in [-0.39, 0.29) is 5.38 Å². The van der Waals surface area contributed by atoms with Gasteiger partial charge in [-0.3, -0.25) is 0 Å². The first-order valence-electron chi connectivity index (χ1n) is 5.65. The first-order chi connectivity index (χ1) is 7.65. The third-order valence-corrected chi connectivity index (χ3v) is 3.85. The van der Waals surface area contributed by atoms with Crippen molar-refractivity contribution >= 4 is 23.2 Å². The molecule has 1 nitrogen and oxygen atoms in total. The van der Waals surface area contributed by atoms with Gasteiger partial charge in [0.25, 0.3) is 0 Å². The van der Waals surface area contributed by atoms with E-state index in [1.165, 1.54) is 5.56 Å². The van der Waals surface area contributed by atoms with Crippen molar-refractivity contribution in [3.05, 3.63) is 34.9 Å². The lowest BCUT2D eigenvalue weighted by Gasteiger charge is -2.15. The van der Waals surface area contributed by atoms with Crippen LogP contribution in [0.1, 0.15) is 18.9 Å². The molecule has 0 N–H and O–H groups in total. The zero-order valence-corrected chi connectivity index (χ0v) is 10.8. The highest BCUT2D eigenvalue weighted by Crippen LogP contribution is 2.28. The topological polar surface area (TPSA) is 9.23 Å². The summed E-state index contributed by atoms with van der Waals surface area (Å²) in [6, 6.07) is 7.90. The Hall–Kier alpha value is -0.240. The SMILES string of the molecule is CC1CC(C(Cl)Cc2ccc(Cl)cc2)CO1. The van der Waals surface area contributed by atoms with Gasteiger partial charge in [-0.2, -0.15) is 0 Å². The number of alkyl halides is 1. The van der Waals surface area contributed by atoms with Gasteiger partial charge in [-0.15, -0.1) is 11.6 Å². The van der Waals surface area contributed by atoms with Gasteiger partial charge in [-0.25, -0.2) is 0 Å². The van der Waals surface area contributed by atoms with Crippen molar-refractivity contribution in [2.75, 3.05) is 6.61 Å². The molecule has 1 heterocycles. The Morgan fingerprint density at radius 2 is 2.06 bits per heavy atom. The molecule has 0 amide bonds. The summed E-state index contributed by atoms with van der Waals surface area (Å²) in [6.07, 6.45) is 2.32. The Kier molecular flexibility index (Phi) is 4.12. The lowest BCUT2D eigenvalue weighted by atomic mass is 9.97. The molecule has 0 saturated carbocycles. The first kappa shape index (κ1) is 12.2.